The van der Waals surface area contributed by atoms with E-state index < -0.39 is 10.0 Å². The van der Waals surface area contributed by atoms with Crippen LogP contribution in [0.15, 0.2) is 18.2 Å². The van der Waals surface area contributed by atoms with Gasteiger partial charge >= 0.3 is 0 Å². The molecule has 0 atom stereocenters. The van der Waals surface area contributed by atoms with Crippen LogP contribution in [-0.2, 0) is 10.0 Å². The Labute approximate surface area is 125 Å². The van der Waals surface area contributed by atoms with Crippen LogP contribution in [0.2, 0.25) is 0 Å². The van der Waals surface area contributed by atoms with E-state index in [2.05, 4.69) is 5.32 Å². The maximum absolute atomic E-state index is 12.3. The number of hydrogen-bond donors (Lipinski definition) is 2. The number of carbonyl (C=O) groups excluding carboxylic acids is 1. The average molecular weight is 311 g/mol. The van der Waals surface area contributed by atoms with Gasteiger partial charge in [-0.15, -0.1) is 0 Å². The molecule has 21 heavy (non-hydrogen) atoms. The van der Waals surface area contributed by atoms with Crippen molar-refractivity contribution < 1.29 is 13.2 Å². The molecule has 2 rings (SSSR count). The Hall–Kier alpha value is -1.60. The minimum Gasteiger partial charge on any atom is -0.398 e. The standard InChI is InChI=1S/C14H21N3O3S/c1-10-4-3-5-12(15)13(10)14(18)16-11-6-8-17(9-7-11)21(2,19)20/h3-5,11H,6-9,15H2,1-2H3,(H,16,18). The molecular weight excluding hydrogens is 290 g/mol. The summed E-state index contributed by atoms with van der Waals surface area (Å²) >= 11 is 0. The second kappa shape index (κ2) is 6.03. The van der Waals surface area contributed by atoms with Gasteiger partial charge in [-0.2, -0.15) is 0 Å². The van der Waals surface area contributed by atoms with Crippen LogP contribution in [0, 0.1) is 6.92 Å². The Balaban J connectivity index is 1.99. The minimum absolute atomic E-state index is 0.0190. The third kappa shape index (κ3) is 3.74. The second-order valence-electron chi connectivity index (χ2n) is 5.45. The Kier molecular flexibility index (Phi) is 4.53. The van der Waals surface area contributed by atoms with Crippen LogP contribution in [0.1, 0.15) is 28.8 Å². The molecule has 0 spiro atoms. The van der Waals surface area contributed by atoms with E-state index in [0.29, 0.717) is 37.2 Å². The SMILES string of the molecule is Cc1cccc(N)c1C(=O)NC1CCN(S(C)(=O)=O)CC1. The first kappa shape index (κ1) is 15.8. The lowest BCUT2D eigenvalue weighted by Crippen LogP contribution is -2.46. The van der Waals surface area contributed by atoms with E-state index in [1.165, 1.54) is 10.6 Å². The molecule has 0 unspecified atom stereocenters. The van der Waals surface area contributed by atoms with Crippen molar-refractivity contribution in [1.82, 2.24) is 9.62 Å². The zero-order valence-corrected chi connectivity index (χ0v) is 13.1. The first-order valence-electron chi connectivity index (χ1n) is 6.90. The van der Waals surface area contributed by atoms with Crippen LogP contribution < -0.4 is 11.1 Å². The van der Waals surface area contributed by atoms with Crippen molar-refractivity contribution in [3.63, 3.8) is 0 Å². The summed E-state index contributed by atoms with van der Waals surface area (Å²) in [5.41, 5.74) is 7.65. The smallest absolute Gasteiger partial charge is 0.253 e. The second-order valence-corrected chi connectivity index (χ2v) is 7.43. The number of nitrogens with zero attached hydrogens (tertiary/aromatic N) is 1. The quantitative estimate of drug-likeness (QED) is 0.805. The summed E-state index contributed by atoms with van der Waals surface area (Å²) in [6.45, 7) is 2.72. The van der Waals surface area contributed by atoms with Crippen molar-refractivity contribution in [2.24, 2.45) is 0 Å². The predicted molar refractivity (Wildman–Crippen MR) is 82.5 cm³/mol. The number of nitrogens with two attached hydrogens (primary N) is 1. The fourth-order valence-electron chi connectivity index (χ4n) is 2.59. The van der Waals surface area contributed by atoms with Crippen LogP contribution in [-0.4, -0.2) is 44.0 Å². The number of aryl methyl sites for hydroxylation is 1. The molecule has 1 saturated heterocycles. The monoisotopic (exact) mass is 311 g/mol. The van der Waals surface area contributed by atoms with Gasteiger partial charge in [0, 0.05) is 24.8 Å². The van der Waals surface area contributed by atoms with E-state index >= 15 is 0 Å². The summed E-state index contributed by atoms with van der Waals surface area (Å²) in [7, 11) is -3.14. The lowest BCUT2D eigenvalue weighted by Gasteiger charge is -2.30. The third-order valence-corrected chi connectivity index (χ3v) is 5.09. The van der Waals surface area contributed by atoms with Gasteiger partial charge in [0.25, 0.3) is 5.91 Å². The summed E-state index contributed by atoms with van der Waals surface area (Å²) in [6, 6.07) is 5.34. The van der Waals surface area contributed by atoms with Gasteiger partial charge in [0.05, 0.1) is 11.8 Å². The largest absolute Gasteiger partial charge is 0.398 e. The highest BCUT2D eigenvalue weighted by molar-refractivity contribution is 7.88. The van der Waals surface area contributed by atoms with Gasteiger partial charge in [0.2, 0.25) is 10.0 Å². The zero-order chi connectivity index (χ0) is 15.6. The summed E-state index contributed by atoms with van der Waals surface area (Å²) in [5, 5.41) is 2.95. The van der Waals surface area contributed by atoms with Crippen molar-refractivity contribution in [1.29, 1.82) is 0 Å². The van der Waals surface area contributed by atoms with E-state index in [1.54, 1.807) is 6.07 Å². The summed E-state index contributed by atoms with van der Waals surface area (Å²) in [6.07, 6.45) is 2.44. The Morgan fingerprint density at radius 3 is 2.48 bits per heavy atom. The van der Waals surface area contributed by atoms with Crippen LogP contribution in [0.3, 0.4) is 0 Å². The summed E-state index contributed by atoms with van der Waals surface area (Å²) < 4.78 is 24.3. The number of hydrogen-bond acceptors (Lipinski definition) is 4. The van der Waals surface area contributed by atoms with Crippen molar-refractivity contribution in [3.8, 4) is 0 Å². The predicted octanol–water partition coefficient (Wildman–Crippen LogP) is 0.731. The van der Waals surface area contributed by atoms with Gasteiger partial charge in [-0.3, -0.25) is 4.79 Å². The summed E-state index contributed by atoms with van der Waals surface area (Å²) in [4.78, 5) is 12.3. The molecule has 116 valence electrons. The number of carbonyl (C=O) groups is 1. The lowest BCUT2D eigenvalue weighted by molar-refractivity contribution is 0.0924. The maximum atomic E-state index is 12.3. The highest BCUT2D eigenvalue weighted by Gasteiger charge is 2.26. The first-order valence-corrected chi connectivity index (χ1v) is 8.75. The van der Waals surface area contributed by atoms with Gasteiger partial charge in [0.15, 0.2) is 0 Å². The molecule has 1 aliphatic heterocycles. The van der Waals surface area contributed by atoms with Gasteiger partial charge < -0.3 is 11.1 Å². The average Bonchev–Trinajstić information content (AvgIpc) is 2.38. The van der Waals surface area contributed by atoms with E-state index in [1.807, 2.05) is 19.1 Å². The molecule has 0 aliphatic carbocycles. The van der Waals surface area contributed by atoms with Crippen molar-refractivity contribution in [2.75, 3.05) is 25.1 Å². The van der Waals surface area contributed by atoms with Crippen LogP contribution in [0.4, 0.5) is 5.69 Å². The van der Waals surface area contributed by atoms with Crippen molar-refractivity contribution in [2.45, 2.75) is 25.8 Å². The molecule has 7 heteroatoms. The fourth-order valence-corrected chi connectivity index (χ4v) is 3.46. The maximum Gasteiger partial charge on any atom is 0.253 e. The molecule has 1 amide bonds. The van der Waals surface area contributed by atoms with Gasteiger partial charge in [-0.05, 0) is 31.4 Å². The van der Waals surface area contributed by atoms with Crippen molar-refractivity contribution in [3.05, 3.63) is 29.3 Å². The number of piperidine rings is 1. The highest BCUT2D eigenvalue weighted by atomic mass is 32.2. The Bertz CT molecular complexity index is 615. The van der Waals surface area contributed by atoms with Crippen LogP contribution >= 0.6 is 0 Å². The highest BCUT2D eigenvalue weighted by Crippen LogP contribution is 2.18. The molecule has 1 aromatic rings. The normalized spacial score (nSPS) is 17.6. The van der Waals surface area contributed by atoms with Gasteiger partial charge in [0.1, 0.15) is 0 Å². The molecule has 3 N–H and O–H groups in total. The summed E-state index contributed by atoms with van der Waals surface area (Å²) in [5.74, 6) is -0.191. The number of nitrogen functional groups attached to an aromatic ring is 1. The zero-order valence-electron chi connectivity index (χ0n) is 12.3. The number of benzene rings is 1. The van der Waals surface area contributed by atoms with Crippen LogP contribution in [0.5, 0.6) is 0 Å². The number of amides is 1. The topological polar surface area (TPSA) is 92.5 Å². The van der Waals surface area contributed by atoms with Gasteiger partial charge in [-0.1, -0.05) is 12.1 Å². The van der Waals surface area contributed by atoms with Crippen LogP contribution in [0.25, 0.3) is 0 Å². The lowest BCUT2D eigenvalue weighted by atomic mass is 10.0. The minimum atomic E-state index is -3.14. The number of sulfonamides is 1. The molecule has 1 heterocycles. The molecular formula is C14H21N3O3S. The van der Waals surface area contributed by atoms with Gasteiger partial charge in [-0.25, -0.2) is 12.7 Å². The third-order valence-electron chi connectivity index (χ3n) is 3.79. The number of rotatable bonds is 3. The number of anilines is 1. The molecule has 0 aromatic heterocycles. The fraction of sp³-hybridized carbons (Fsp3) is 0.500. The van der Waals surface area contributed by atoms with E-state index in [-0.39, 0.29) is 11.9 Å². The molecule has 1 aromatic carbocycles. The van der Waals surface area contributed by atoms with E-state index in [4.69, 9.17) is 5.73 Å². The molecule has 1 aliphatic rings. The Morgan fingerprint density at radius 2 is 1.95 bits per heavy atom. The molecule has 0 radical (unpaired) electrons. The molecule has 0 bridgehead atoms. The van der Waals surface area contributed by atoms with Crippen molar-refractivity contribution >= 4 is 21.6 Å². The van der Waals surface area contributed by atoms with E-state index in [0.717, 1.165) is 5.56 Å². The Morgan fingerprint density at radius 1 is 1.33 bits per heavy atom. The number of nitrogens with one attached hydrogen (secondary N) is 1. The molecule has 1 fully saturated rings. The first-order chi connectivity index (χ1) is 9.79. The molecule has 0 saturated carbocycles. The molecule has 6 nitrogen and oxygen atoms in total. The van der Waals surface area contributed by atoms with E-state index in [9.17, 15) is 13.2 Å².